The van der Waals surface area contributed by atoms with Crippen LogP contribution in [0.4, 0.5) is 0 Å². The van der Waals surface area contributed by atoms with Crippen LogP contribution in [0.2, 0.25) is 0 Å². The van der Waals surface area contributed by atoms with Gasteiger partial charge in [0.15, 0.2) is 0 Å². The Morgan fingerprint density at radius 1 is 0.723 bits per heavy atom. The van der Waals surface area contributed by atoms with Crippen LogP contribution in [0, 0.1) is 0 Å². The molecule has 3 aliphatic heterocycles. The molecule has 3 heterocycles. The fraction of sp³-hybridized carbons (Fsp3) is 0.923. The number of hydrogen-bond donors (Lipinski definition) is 0. The summed E-state index contributed by atoms with van der Waals surface area (Å²) in [6.07, 6.45) is 30.2. The van der Waals surface area contributed by atoms with E-state index in [1.165, 1.54) is 77.0 Å². The summed E-state index contributed by atoms with van der Waals surface area (Å²) in [7, 11) is 3.33. The molecule has 2 fully saturated rings. The van der Waals surface area contributed by atoms with Gasteiger partial charge in [-0.3, -0.25) is 0 Å². The molecule has 0 aromatic rings. The van der Waals surface area contributed by atoms with Crippen LogP contribution >= 0.6 is 0 Å². The minimum atomic E-state index is -0.216. The first kappa shape index (κ1) is 40.4. The van der Waals surface area contributed by atoms with E-state index in [2.05, 4.69) is 6.92 Å². The quantitative estimate of drug-likeness (QED) is 0.0444. The molecule has 0 amide bonds. The highest BCUT2D eigenvalue weighted by atomic mass is 16.7. The van der Waals surface area contributed by atoms with E-state index in [0.717, 1.165) is 69.8 Å². The first-order valence-corrected chi connectivity index (χ1v) is 19.5. The molecule has 274 valence electrons. The first-order chi connectivity index (χ1) is 23.0. The van der Waals surface area contributed by atoms with Crippen molar-refractivity contribution in [2.75, 3.05) is 27.8 Å². The highest BCUT2D eigenvalue weighted by Gasteiger charge is 2.39. The Balaban J connectivity index is 1.26. The molecule has 3 aliphatic rings. The summed E-state index contributed by atoms with van der Waals surface area (Å²) in [5.41, 5.74) is 0.723. The van der Waals surface area contributed by atoms with Crippen molar-refractivity contribution in [3.05, 3.63) is 11.6 Å². The lowest BCUT2D eigenvalue weighted by molar-refractivity contribution is -0.142. The summed E-state index contributed by atoms with van der Waals surface area (Å²) in [5, 5.41) is 0. The largest absolute Gasteiger partial charge is 0.455 e. The van der Waals surface area contributed by atoms with Crippen LogP contribution < -0.4 is 0 Å². The Morgan fingerprint density at radius 2 is 1.32 bits per heavy atom. The number of methoxy groups -OCH3 is 2. The molecule has 0 radical (unpaired) electrons. The number of rotatable bonds is 29. The average Bonchev–Trinajstić information content (AvgIpc) is 3.81. The van der Waals surface area contributed by atoms with Gasteiger partial charge in [-0.2, -0.15) is 0 Å². The van der Waals surface area contributed by atoms with E-state index in [4.69, 9.17) is 33.2 Å². The highest BCUT2D eigenvalue weighted by molar-refractivity contribution is 5.90. The Morgan fingerprint density at radius 3 is 1.98 bits per heavy atom. The van der Waals surface area contributed by atoms with Gasteiger partial charge >= 0.3 is 5.97 Å². The zero-order valence-electron chi connectivity index (χ0n) is 30.6. The van der Waals surface area contributed by atoms with Gasteiger partial charge in [0, 0.05) is 26.2 Å². The second-order valence-electron chi connectivity index (χ2n) is 14.3. The topological polar surface area (TPSA) is 81.7 Å². The molecule has 47 heavy (non-hydrogen) atoms. The standard InChI is InChI=1S/C39H70O8/c1-5-6-7-8-9-10-11-12-13-14-15-19-22-35(44-30-42-4)36-25-26-38(47-36)37-24-23-33(46-37)20-17-16-18-21-34(43-29-41-3)28-32-27-31(2)45-39(32)40/h27,31,33-38H,5-26,28-30H2,1-4H3/t31-,33+,34+,35-,36-,37-,38-/m0/s1. The van der Waals surface area contributed by atoms with Gasteiger partial charge in [0.05, 0.1) is 36.6 Å². The van der Waals surface area contributed by atoms with E-state index in [-0.39, 0.29) is 49.4 Å². The molecular weight excluding hydrogens is 596 g/mol. The van der Waals surface area contributed by atoms with Gasteiger partial charge in [-0.1, -0.05) is 103 Å². The van der Waals surface area contributed by atoms with Gasteiger partial charge in [0.1, 0.15) is 19.7 Å². The summed E-state index contributed by atoms with van der Waals surface area (Å²) < 4.78 is 40.8. The second kappa shape index (κ2) is 25.0. The molecule has 0 spiro atoms. The normalized spacial score (nSPS) is 25.7. The van der Waals surface area contributed by atoms with E-state index in [1.54, 1.807) is 14.2 Å². The van der Waals surface area contributed by atoms with E-state index >= 15 is 0 Å². The average molecular weight is 667 g/mol. The molecule has 0 unspecified atom stereocenters. The van der Waals surface area contributed by atoms with Crippen molar-refractivity contribution in [1.29, 1.82) is 0 Å². The van der Waals surface area contributed by atoms with Gasteiger partial charge in [-0.15, -0.1) is 0 Å². The minimum Gasteiger partial charge on any atom is -0.455 e. The Bertz CT molecular complexity index is 834. The Hall–Kier alpha value is -1.03. The SMILES string of the molecule is CCCCCCCCCCCCCC[C@H](OCOC)[C@@H]1CC[C@@H]([C@@H]2CC[C@@H](CCCCC[C@H](CC3=C[C@H](C)OC3=O)OCOC)O2)O1. The van der Waals surface area contributed by atoms with Crippen LogP contribution in [0.15, 0.2) is 11.6 Å². The van der Waals surface area contributed by atoms with E-state index in [0.29, 0.717) is 19.3 Å². The number of cyclic esters (lactones) is 1. The maximum Gasteiger partial charge on any atom is 0.334 e. The van der Waals surface area contributed by atoms with Crippen LogP contribution in [0.25, 0.3) is 0 Å². The monoisotopic (exact) mass is 667 g/mol. The van der Waals surface area contributed by atoms with Crippen molar-refractivity contribution in [3.8, 4) is 0 Å². The van der Waals surface area contributed by atoms with Crippen molar-refractivity contribution in [2.45, 2.75) is 204 Å². The molecule has 0 aliphatic carbocycles. The maximum absolute atomic E-state index is 12.0. The van der Waals surface area contributed by atoms with E-state index in [1.807, 2.05) is 13.0 Å². The third-order valence-corrected chi connectivity index (χ3v) is 10.2. The number of unbranched alkanes of at least 4 members (excludes halogenated alkanes) is 13. The fourth-order valence-electron chi connectivity index (χ4n) is 7.53. The van der Waals surface area contributed by atoms with Gasteiger partial charge in [-0.25, -0.2) is 4.79 Å². The number of ether oxygens (including phenoxy) is 7. The van der Waals surface area contributed by atoms with Crippen molar-refractivity contribution >= 4 is 5.97 Å². The lowest BCUT2D eigenvalue weighted by Gasteiger charge is -2.26. The molecule has 0 N–H and O–H groups in total. The number of esters is 1. The predicted molar refractivity (Wildman–Crippen MR) is 186 cm³/mol. The van der Waals surface area contributed by atoms with Crippen LogP contribution in [0.3, 0.4) is 0 Å². The minimum absolute atomic E-state index is 0.0324. The molecule has 2 saturated heterocycles. The first-order valence-electron chi connectivity index (χ1n) is 19.5. The molecule has 0 aromatic carbocycles. The van der Waals surface area contributed by atoms with Gasteiger partial charge in [0.25, 0.3) is 0 Å². The van der Waals surface area contributed by atoms with Crippen molar-refractivity contribution in [3.63, 3.8) is 0 Å². The molecule has 0 saturated carbocycles. The van der Waals surface area contributed by atoms with Crippen LogP contribution in [0.1, 0.15) is 162 Å². The van der Waals surface area contributed by atoms with E-state index < -0.39 is 0 Å². The number of carbonyl (C=O) groups is 1. The summed E-state index contributed by atoms with van der Waals surface area (Å²) in [4.78, 5) is 12.0. The predicted octanol–water partition coefficient (Wildman–Crippen LogP) is 9.36. The molecular formula is C39H70O8. The van der Waals surface area contributed by atoms with Gasteiger partial charge in [-0.05, 0) is 57.9 Å². The molecule has 0 aromatic heterocycles. The van der Waals surface area contributed by atoms with Crippen LogP contribution in [-0.2, 0) is 38.0 Å². The molecule has 8 heteroatoms. The van der Waals surface area contributed by atoms with Gasteiger partial charge < -0.3 is 33.2 Å². The zero-order valence-corrected chi connectivity index (χ0v) is 30.6. The number of carbonyl (C=O) groups excluding carboxylic acids is 1. The molecule has 7 atom stereocenters. The smallest absolute Gasteiger partial charge is 0.334 e. The van der Waals surface area contributed by atoms with E-state index in [9.17, 15) is 4.79 Å². The molecule has 8 nitrogen and oxygen atoms in total. The lowest BCUT2D eigenvalue weighted by Crippen LogP contribution is -2.33. The van der Waals surface area contributed by atoms with Crippen molar-refractivity contribution < 1.29 is 38.0 Å². The third kappa shape index (κ3) is 16.5. The summed E-state index contributed by atoms with van der Waals surface area (Å²) in [6.45, 7) is 4.74. The zero-order chi connectivity index (χ0) is 33.5. The van der Waals surface area contributed by atoms with Crippen molar-refractivity contribution in [2.24, 2.45) is 0 Å². The fourth-order valence-corrected chi connectivity index (χ4v) is 7.53. The number of hydrogen-bond acceptors (Lipinski definition) is 8. The van der Waals surface area contributed by atoms with Crippen molar-refractivity contribution in [1.82, 2.24) is 0 Å². The maximum atomic E-state index is 12.0. The summed E-state index contributed by atoms with van der Waals surface area (Å²) >= 11 is 0. The van der Waals surface area contributed by atoms with Crippen LogP contribution in [0.5, 0.6) is 0 Å². The lowest BCUT2D eigenvalue weighted by atomic mass is 10.00. The summed E-state index contributed by atoms with van der Waals surface area (Å²) in [6, 6.07) is 0. The Labute approximate surface area is 287 Å². The molecule has 0 bridgehead atoms. The van der Waals surface area contributed by atoms with Gasteiger partial charge in [0.2, 0.25) is 0 Å². The molecule has 3 rings (SSSR count). The highest BCUT2D eigenvalue weighted by Crippen LogP contribution is 2.35. The van der Waals surface area contributed by atoms with Crippen LogP contribution in [-0.4, -0.2) is 76.5 Å². The third-order valence-electron chi connectivity index (χ3n) is 10.2. The Kier molecular flexibility index (Phi) is 21.5. The summed E-state index contributed by atoms with van der Waals surface area (Å²) in [5.74, 6) is -0.216. The second-order valence-corrected chi connectivity index (χ2v) is 14.3.